The molecule has 1 N–H and O–H groups in total. The highest BCUT2D eigenvalue weighted by molar-refractivity contribution is 6.16. The predicted octanol–water partition coefficient (Wildman–Crippen LogP) is 2.84. The Kier molecular flexibility index (Phi) is 4.22. The third-order valence-electron chi connectivity index (χ3n) is 3.51. The highest BCUT2D eigenvalue weighted by Crippen LogP contribution is 2.15. The van der Waals surface area contributed by atoms with Crippen LogP contribution in [0.3, 0.4) is 0 Å². The van der Waals surface area contributed by atoms with Crippen LogP contribution >= 0.6 is 11.6 Å². The number of hydrogen-bond acceptors (Lipinski definition) is 3. The summed E-state index contributed by atoms with van der Waals surface area (Å²) >= 11 is 6.02. The van der Waals surface area contributed by atoms with Crippen LogP contribution in [0.1, 0.15) is 11.4 Å². The smallest absolute Gasteiger partial charge is 0.266 e. The maximum absolute atomic E-state index is 12.8. The van der Waals surface area contributed by atoms with Crippen LogP contribution in [0.15, 0.2) is 53.3 Å². The SMILES string of the molecule is CNCc1cccc(-n2c(CCl)nc3ccccc3c2=O)c1. The van der Waals surface area contributed by atoms with E-state index in [2.05, 4.69) is 10.3 Å². The Labute approximate surface area is 133 Å². The Bertz CT molecular complexity index is 873. The summed E-state index contributed by atoms with van der Waals surface area (Å²) in [5, 5.41) is 3.70. The Hall–Kier alpha value is -2.17. The van der Waals surface area contributed by atoms with E-state index in [0.29, 0.717) is 16.7 Å². The maximum atomic E-state index is 12.8. The Morgan fingerprint density at radius 1 is 1.18 bits per heavy atom. The fourth-order valence-corrected chi connectivity index (χ4v) is 2.72. The zero-order chi connectivity index (χ0) is 15.5. The molecule has 0 atom stereocenters. The Morgan fingerprint density at radius 3 is 2.77 bits per heavy atom. The summed E-state index contributed by atoms with van der Waals surface area (Å²) in [4.78, 5) is 17.3. The van der Waals surface area contributed by atoms with Crippen molar-refractivity contribution in [1.29, 1.82) is 0 Å². The molecule has 0 aliphatic rings. The van der Waals surface area contributed by atoms with Gasteiger partial charge in [-0.15, -0.1) is 11.6 Å². The normalized spacial score (nSPS) is 11.0. The molecule has 0 amide bonds. The van der Waals surface area contributed by atoms with Gasteiger partial charge in [0.25, 0.3) is 5.56 Å². The molecule has 112 valence electrons. The monoisotopic (exact) mass is 313 g/mol. The van der Waals surface area contributed by atoms with E-state index >= 15 is 0 Å². The van der Waals surface area contributed by atoms with Gasteiger partial charge in [-0.2, -0.15) is 0 Å². The summed E-state index contributed by atoms with van der Waals surface area (Å²) in [6, 6.07) is 15.1. The van der Waals surface area contributed by atoms with E-state index in [4.69, 9.17) is 11.6 Å². The van der Waals surface area contributed by atoms with Gasteiger partial charge in [-0.3, -0.25) is 9.36 Å². The second kappa shape index (κ2) is 6.30. The van der Waals surface area contributed by atoms with Crippen LogP contribution in [0, 0.1) is 0 Å². The van der Waals surface area contributed by atoms with Gasteiger partial charge in [0.1, 0.15) is 5.82 Å². The first-order valence-corrected chi connectivity index (χ1v) is 7.58. The third kappa shape index (κ3) is 2.63. The zero-order valence-electron chi connectivity index (χ0n) is 12.2. The van der Waals surface area contributed by atoms with Crippen LogP contribution in [0.5, 0.6) is 0 Å². The van der Waals surface area contributed by atoms with Crippen LogP contribution in [-0.2, 0) is 12.4 Å². The summed E-state index contributed by atoms with van der Waals surface area (Å²) in [5.74, 6) is 0.725. The fraction of sp³-hybridized carbons (Fsp3) is 0.176. The van der Waals surface area contributed by atoms with Crippen molar-refractivity contribution in [3.05, 3.63) is 70.3 Å². The number of fused-ring (bicyclic) bond motifs is 1. The molecule has 4 nitrogen and oxygen atoms in total. The lowest BCUT2D eigenvalue weighted by Gasteiger charge is -2.13. The van der Waals surface area contributed by atoms with Gasteiger partial charge in [-0.1, -0.05) is 24.3 Å². The summed E-state index contributed by atoms with van der Waals surface area (Å²) < 4.78 is 1.59. The second-order valence-electron chi connectivity index (χ2n) is 5.02. The van der Waals surface area contributed by atoms with Crippen molar-refractivity contribution >= 4 is 22.5 Å². The van der Waals surface area contributed by atoms with Gasteiger partial charge in [0.05, 0.1) is 22.5 Å². The number of aromatic nitrogens is 2. The van der Waals surface area contributed by atoms with Crippen molar-refractivity contribution in [3.8, 4) is 5.69 Å². The summed E-state index contributed by atoms with van der Waals surface area (Å²) in [6.07, 6.45) is 0. The number of halogens is 1. The Balaban J connectivity index is 2.27. The molecular formula is C17H16ClN3O. The minimum atomic E-state index is -0.0946. The molecule has 0 spiro atoms. The number of nitrogens with one attached hydrogen (secondary N) is 1. The minimum Gasteiger partial charge on any atom is -0.316 e. The highest BCUT2D eigenvalue weighted by atomic mass is 35.5. The molecule has 2 aromatic carbocycles. The molecule has 0 aliphatic carbocycles. The fourth-order valence-electron chi connectivity index (χ4n) is 2.54. The molecule has 3 aromatic rings. The average Bonchev–Trinajstić information content (AvgIpc) is 2.55. The average molecular weight is 314 g/mol. The number of alkyl halides is 1. The summed E-state index contributed by atoms with van der Waals surface area (Å²) in [5.41, 5.74) is 2.46. The summed E-state index contributed by atoms with van der Waals surface area (Å²) in [6.45, 7) is 0.736. The van der Waals surface area contributed by atoms with Gasteiger partial charge >= 0.3 is 0 Å². The minimum absolute atomic E-state index is 0.0946. The second-order valence-corrected chi connectivity index (χ2v) is 5.29. The molecule has 1 aromatic heterocycles. The van der Waals surface area contributed by atoms with Gasteiger partial charge < -0.3 is 5.32 Å². The van der Waals surface area contributed by atoms with E-state index in [0.717, 1.165) is 17.8 Å². The number of rotatable bonds is 4. The van der Waals surface area contributed by atoms with Crippen LogP contribution in [0.2, 0.25) is 0 Å². The molecule has 0 saturated heterocycles. The first kappa shape index (κ1) is 14.8. The molecule has 22 heavy (non-hydrogen) atoms. The molecule has 0 unspecified atom stereocenters. The van der Waals surface area contributed by atoms with Crippen molar-refractivity contribution in [3.63, 3.8) is 0 Å². The van der Waals surface area contributed by atoms with Crippen LogP contribution in [-0.4, -0.2) is 16.6 Å². The van der Waals surface area contributed by atoms with E-state index < -0.39 is 0 Å². The van der Waals surface area contributed by atoms with Gasteiger partial charge in [0.15, 0.2) is 0 Å². The highest BCUT2D eigenvalue weighted by Gasteiger charge is 2.12. The number of para-hydroxylation sites is 1. The lowest BCUT2D eigenvalue weighted by Crippen LogP contribution is -2.23. The lowest BCUT2D eigenvalue weighted by molar-refractivity contribution is 0.812. The lowest BCUT2D eigenvalue weighted by atomic mass is 10.2. The quantitative estimate of drug-likeness (QED) is 0.753. The number of nitrogens with zero attached hydrogens (tertiary/aromatic N) is 2. The van der Waals surface area contributed by atoms with Crippen molar-refractivity contribution in [2.45, 2.75) is 12.4 Å². The zero-order valence-corrected chi connectivity index (χ0v) is 13.0. The van der Waals surface area contributed by atoms with Crippen LogP contribution in [0.4, 0.5) is 0 Å². The standard InChI is InChI=1S/C17H16ClN3O/c1-19-11-12-5-4-6-13(9-12)21-16(10-18)20-15-8-3-2-7-14(15)17(21)22/h2-9,19H,10-11H2,1H3. The van der Waals surface area contributed by atoms with Crippen molar-refractivity contribution < 1.29 is 0 Å². The van der Waals surface area contributed by atoms with Crippen molar-refractivity contribution in [1.82, 2.24) is 14.9 Å². The topological polar surface area (TPSA) is 46.9 Å². The molecule has 0 bridgehead atoms. The van der Waals surface area contributed by atoms with E-state index in [1.165, 1.54) is 0 Å². The van der Waals surface area contributed by atoms with Crippen LogP contribution < -0.4 is 10.9 Å². The van der Waals surface area contributed by atoms with E-state index in [1.54, 1.807) is 10.6 Å². The Morgan fingerprint density at radius 2 is 2.00 bits per heavy atom. The van der Waals surface area contributed by atoms with E-state index in [9.17, 15) is 4.79 Å². The van der Waals surface area contributed by atoms with Gasteiger partial charge in [0, 0.05) is 6.54 Å². The summed E-state index contributed by atoms with van der Waals surface area (Å²) in [7, 11) is 1.89. The molecule has 5 heteroatoms. The molecule has 3 rings (SSSR count). The third-order valence-corrected chi connectivity index (χ3v) is 3.75. The van der Waals surface area contributed by atoms with Gasteiger partial charge in [-0.05, 0) is 36.9 Å². The van der Waals surface area contributed by atoms with Crippen LogP contribution in [0.25, 0.3) is 16.6 Å². The molecule has 0 saturated carbocycles. The molecule has 1 heterocycles. The number of benzene rings is 2. The molecular weight excluding hydrogens is 298 g/mol. The van der Waals surface area contributed by atoms with Crippen molar-refractivity contribution in [2.75, 3.05) is 7.05 Å². The largest absolute Gasteiger partial charge is 0.316 e. The predicted molar refractivity (Wildman–Crippen MR) is 89.7 cm³/mol. The van der Waals surface area contributed by atoms with E-state index in [1.807, 2.05) is 49.5 Å². The first-order chi connectivity index (χ1) is 10.7. The molecule has 0 radical (unpaired) electrons. The van der Waals surface area contributed by atoms with Gasteiger partial charge in [0.2, 0.25) is 0 Å². The number of hydrogen-bond donors (Lipinski definition) is 1. The molecule has 0 aliphatic heterocycles. The van der Waals surface area contributed by atoms with E-state index in [-0.39, 0.29) is 11.4 Å². The first-order valence-electron chi connectivity index (χ1n) is 7.05. The molecule has 0 fully saturated rings. The van der Waals surface area contributed by atoms with Gasteiger partial charge in [-0.25, -0.2) is 4.98 Å². The maximum Gasteiger partial charge on any atom is 0.266 e. The van der Waals surface area contributed by atoms with Crippen molar-refractivity contribution in [2.24, 2.45) is 0 Å².